The molecule has 0 bridgehead atoms. The topological polar surface area (TPSA) is 89.4 Å². The van der Waals surface area contributed by atoms with Crippen molar-refractivity contribution < 1.29 is 9.37 Å². The lowest BCUT2D eigenvalue weighted by molar-refractivity contribution is 0.307. The summed E-state index contributed by atoms with van der Waals surface area (Å²) in [5.41, 5.74) is 6.87. The van der Waals surface area contributed by atoms with Crippen LogP contribution in [0, 0.1) is 0 Å². The second kappa shape index (κ2) is 7.82. The van der Waals surface area contributed by atoms with E-state index in [0.29, 0.717) is 19.0 Å². The highest BCUT2D eigenvalue weighted by Gasteiger charge is 2.11. The molecular weight excluding hydrogens is 294 g/mol. The molecule has 7 heteroatoms. The lowest BCUT2D eigenvalue weighted by atomic mass is 10.2. The van der Waals surface area contributed by atoms with Gasteiger partial charge in [0.2, 0.25) is 11.6 Å². The fraction of sp³-hybridized carbons (Fsp3) is 0.500. The second-order valence-electron chi connectivity index (χ2n) is 5.76. The quantitative estimate of drug-likeness (QED) is 0.721. The minimum Gasteiger partial charge on any atom is -0.494 e. The summed E-state index contributed by atoms with van der Waals surface area (Å²) >= 11 is 0. The average Bonchev–Trinajstić information content (AvgIpc) is 3.20. The third-order valence-electron chi connectivity index (χ3n) is 3.90. The van der Waals surface area contributed by atoms with Crippen LogP contribution in [-0.4, -0.2) is 41.5 Å². The Hall–Kier alpha value is -2.28. The van der Waals surface area contributed by atoms with E-state index in [1.807, 2.05) is 6.07 Å². The molecule has 0 radical (unpaired) electrons. The molecule has 0 saturated carbocycles. The number of ether oxygens (including phenoxy) is 1. The highest BCUT2D eigenvalue weighted by Crippen LogP contribution is 2.18. The molecular formula is C16H23N5O2. The molecule has 1 aromatic heterocycles. The fourth-order valence-electron chi connectivity index (χ4n) is 2.72. The number of rotatable bonds is 8. The van der Waals surface area contributed by atoms with E-state index < -0.39 is 0 Å². The van der Waals surface area contributed by atoms with Crippen LogP contribution in [0.3, 0.4) is 0 Å². The van der Waals surface area contributed by atoms with E-state index in [-0.39, 0.29) is 5.82 Å². The average molecular weight is 317 g/mol. The van der Waals surface area contributed by atoms with Gasteiger partial charge in [-0.1, -0.05) is 12.1 Å². The standard InChI is InChI=1S/C16H23N5O2/c17-15-16(20-23-19-15)18-7-4-10-22-14-6-3-5-13(11-14)12-21-8-1-2-9-21/h3,5-6,11H,1-2,4,7-10,12H2,(H2,17,19)(H,18,20). The van der Waals surface area contributed by atoms with Gasteiger partial charge in [0.05, 0.1) is 6.61 Å². The molecule has 2 aromatic rings. The molecule has 23 heavy (non-hydrogen) atoms. The summed E-state index contributed by atoms with van der Waals surface area (Å²) in [5.74, 6) is 1.68. The van der Waals surface area contributed by atoms with Crippen molar-refractivity contribution >= 4 is 11.6 Å². The number of nitrogens with zero attached hydrogens (tertiary/aromatic N) is 3. The highest BCUT2D eigenvalue weighted by atomic mass is 16.6. The Labute approximate surface area is 135 Å². The summed E-state index contributed by atoms with van der Waals surface area (Å²) in [4.78, 5) is 2.49. The van der Waals surface area contributed by atoms with Gasteiger partial charge >= 0.3 is 0 Å². The Bertz CT molecular complexity index is 610. The van der Waals surface area contributed by atoms with Crippen LogP contribution in [0.4, 0.5) is 11.6 Å². The summed E-state index contributed by atoms with van der Waals surface area (Å²) < 4.78 is 10.3. The summed E-state index contributed by atoms with van der Waals surface area (Å²) in [6.45, 7) is 4.75. The zero-order chi connectivity index (χ0) is 15.9. The number of hydrogen-bond donors (Lipinski definition) is 2. The maximum Gasteiger partial charge on any atom is 0.215 e. The van der Waals surface area contributed by atoms with Crippen LogP contribution in [0.1, 0.15) is 24.8 Å². The number of nitrogens with two attached hydrogens (primary N) is 1. The van der Waals surface area contributed by atoms with E-state index in [9.17, 15) is 0 Å². The van der Waals surface area contributed by atoms with Crippen LogP contribution in [-0.2, 0) is 6.54 Å². The molecule has 1 saturated heterocycles. The Kier molecular flexibility index (Phi) is 5.31. The fourth-order valence-corrected chi connectivity index (χ4v) is 2.72. The van der Waals surface area contributed by atoms with Crippen LogP contribution < -0.4 is 15.8 Å². The summed E-state index contributed by atoms with van der Waals surface area (Å²) in [6, 6.07) is 8.35. The van der Waals surface area contributed by atoms with E-state index in [0.717, 1.165) is 18.7 Å². The second-order valence-corrected chi connectivity index (χ2v) is 5.76. The zero-order valence-corrected chi connectivity index (χ0v) is 13.2. The number of nitrogens with one attached hydrogen (secondary N) is 1. The molecule has 124 valence electrons. The van der Waals surface area contributed by atoms with Gasteiger partial charge in [0.15, 0.2) is 0 Å². The van der Waals surface area contributed by atoms with Gasteiger partial charge in [-0.15, -0.1) is 0 Å². The van der Waals surface area contributed by atoms with Crippen molar-refractivity contribution in [3.8, 4) is 5.75 Å². The molecule has 0 unspecified atom stereocenters. The normalized spacial score (nSPS) is 15.0. The van der Waals surface area contributed by atoms with Gasteiger partial charge in [0, 0.05) is 13.1 Å². The first-order valence-electron chi connectivity index (χ1n) is 8.07. The van der Waals surface area contributed by atoms with E-state index in [2.05, 4.69) is 43.4 Å². The summed E-state index contributed by atoms with van der Waals surface area (Å²) in [5, 5.41) is 10.2. The SMILES string of the molecule is Nc1nonc1NCCCOc1cccc(CN2CCCC2)c1. The van der Waals surface area contributed by atoms with Gasteiger partial charge in [0.25, 0.3) is 0 Å². The van der Waals surface area contributed by atoms with Gasteiger partial charge in [-0.2, -0.15) is 0 Å². The molecule has 0 amide bonds. The van der Waals surface area contributed by atoms with Gasteiger partial charge in [0.1, 0.15) is 5.75 Å². The van der Waals surface area contributed by atoms with Crippen LogP contribution in [0.5, 0.6) is 5.75 Å². The monoisotopic (exact) mass is 317 g/mol. The number of nitrogen functional groups attached to an aromatic ring is 1. The predicted molar refractivity (Wildman–Crippen MR) is 88.3 cm³/mol. The zero-order valence-electron chi connectivity index (χ0n) is 13.2. The van der Waals surface area contributed by atoms with Crippen molar-refractivity contribution in [1.82, 2.24) is 15.2 Å². The minimum absolute atomic E-state index is 0.278. The Balaban J connectivity index is 1.38. The molecule has 1 fully saturated rings. The van der Waals surface area contributed by atoms with E-state index in [4.69, 9.17) is 10.5 Å². The smallest absolute Gasteiger partial charge is 0.215 e. The summed E-state index contributed by atoms with van der Waals surface area (Å²) in [6.07, 6.45) is 3.46. The number of hydrogen-bond acceptors (Lipinski definition) is 7. The lowest BCUT2D eigenvalue weighted by Crippen LogP contribution is -2.18. The van der Waals surface area contributed by atoms with Crippen LogP contribution in [0.2, 0.25) is 0 Å². The number of likely N-dealkylation sites (tertiary alicyclic amines) is 1. The Morgan fingerprint density at radius 1 is 1.26 bits per heavy atom. The molecule has 0 atom stereocenters. The first-order chi connectivity index (χ1) is 11.3. The maximum atomic E-state index is 5.81. The third kappa shape index (κ3) is 4.59. The first-order valence-corrected chi connectivity index (χ1v) is 8.07. The predicted octanol–water partition coefficient (Wildman–Crippen LogP) is 2.13. The number of aromatic nitrogens is 2. The Morgan fingerprint density at radius 3 is 2.91 bits per heavy atom. The lowest BCUT2D eigenvalue weighted by Gasteiger charge is -2.15. The van der Waals surface area contributed by atoms with Crippen molar-refractivity contribution in [3.05, 3.63) is 29.8 Å². The Morgan fingerprint density at radius 2 is 2.13 bits per heavy atom. The van der Waals surface area contributed by atoms with Crippen molar-refractivity contribution in [1.29, 1.82) is 0 Å². The molecule has 2 heterocycles. The minimum atomic E-state index is 0.278. The molecule has 7 nitrogen and oxygen atoms in total. The molecule has 1 aliphatic heterocycles. The molecule has 3 rings (SSSR count). The molecule has 0 spiro atoms. The largest absolute Gasteiger partial charge is 0.494 e. The van der Waals surface area contributed by atoms with Crippen molar-refractivity contribution in [2.75, 3.05) is 37.3 Å². The molecule has 3 N–H and O–H groups in total. The van der Waals surface area contributed by atoms with Crippen molar-refractivity contribution in [2.45, 2.75) is 25.8 Å². The van der Waals surface area contributed by atoms with Gasteiger partial charge < -0.3 is 15.8 Å². The van der Waals surface area contributed by atoms with Gasteiger partial charge in [-0.25, -0.2) is 4.63 Å². The van der Waals surface area contributed by atoms with Crippen molar-refractivity contribution in [3.63, 3.8) is 0 Å². The maximum absolute atomic E-state index is 5.81. The van der Waals surface area contributed by atoms with Gasteiger partial charge in [-0.3, -0.25) is 4.90 Å². The first kappa shape index (κ1) is 15.6. The molecule has 1 aliphatic rings. The van der Waals surface area contributed by atoms with Crippen molar-refractivity contribution in [2.24, 2.45) is 0 Å². The summed E-state index contributed by atoms with van der Waals surface area (Å²) in [7, 11) is 0. The number of anilines is 2. The van der Waals surface area contributed by atoms with E-state index in [1.54, 1.807) is 0 Å². The number of benzene rings is 1. The van der Waals surface area contributed by atoms with E-state index in [1.165, 1.54) is 31.5 Å². The van der Waals surface area contributed by atoms with Gasteiger partial charge in [-0.05, 0) is 60.4 Å². The third-order valence-corrected chi connectivity index (χ3v) is 3.90. The molecule has 1 aromatic carbocycles. The van der Waals surface area contributed by atoms with Crippen LogP contribution >= 0.6 is 0 Å². The van der Waals surface area contributed by atoms with Crippen LogP contribution in [0.15, 0.2) is 28.9 Å². The van der Waals surface area contributed by atoms with E-state index >= 15 is 0 Å². The molecule has 0 aliphatic carbocycles. The highest BCUT2D eigenvalue weighted by molar-refractivity contribution is 5.53. The van der Waals surface area contributed by atoms with Crippen LogP contribution in [0.25, 0.3) is 0 Å².